The second kappa shape index (κ2) is 7.65. The number of amides is 1. The van der Waals surface area contributed by atoms with Crippen LogP contribution < -0.4 is 4.74 Å². The van der Waals surface area contributed by atoms with E-state index < -0.39 is 0 Å². The van der Waals surface area contributed by atoms with Gasteiger partial charge in [0.25, 0.3) is 5.91 Å². The van der Waals surface area contributed by atoms with Crippen LogP contribution in [0.15, 0.2) is 36.4 Å². The summed E-state index contributed by atoms with van der Waals surface area (Å²) in [5, 5.41) is 0. The van der Waals surface area contributed by atoms with Crippen molar-refractivity contribution in [2.45, 2.75) is 26.3 Å². The Kier molecular flexibility index (Phi) is 5.86. The fourth-order valence-electron chi connectivity index (χ4n) is 1.96. The van der Waals surface area contributed by atoms with E-state index in [4.69, 9.17) is 16.3 Å². The monoisotopic (exact) mass is 337 g/mol. The van der Waals surface area contributed by atoms with Gasteiger partial charge in [0, 0.05) is 11.9 Å². The number of thiophene rings is 1. The Morgan fingerprint density at radius 1 is 1.23 bits per heavy atom. The van der Waals surface area contributed by atoms with Crippen LogP contribution in [0.4, 0.5) is 0 Å². The van der Waals surface area contributed by atoms with Crippen LogP contribution in [0, 0.1) is 0 Å². The molecule has 5 heteroatoms. The van der Waals surface area contributed by atoms with Crippen molar-refractivity contribution in [1.29, 1.82) is 0 Å². The average Bonchev–Trinajstić information content (AvgIpc) is 2.90. The Morgan fingerprint density at radius 2 is 1.91 bits per heavy atom. The molecule has 0 aliphatic rings. The second-order valence-corrected chi connectivity index (χ2v) is 7.27. The molecule has 22 heavy (non-hydrogen) atoms. The predicted octanol–water partition coefficient (Wildman–Crippen LogP) is 4.56. The van der Waals surface area contributed by atoms with Crippen molar-refractivity contribution in [3.8, 4) is 5.75 Å². The molecule has 1 heterocycles. The first-order valence-electron chi connectivity index (χ1n) is 7.16. The van der Waals surface area contributed by atoms with Crippen LogP contribution in [0.2, 0.25) is 4.34 Å². The Morgan fingerprint density at radius 3 is 2.45 bits per heavy atom. The number of ether oxygens (including phenoxy) is 1. The lowest BCUT2D eigenvalue weighted by Gasteiger charge is -2.16. The second-order valence-electron chi connectivity index (χ2n) is 5.47. The molecule has 118 valence electrons. The van der Waals surface area contributed by atoms with Crippen molar-refractivity contribution in [3.63, 3.8) is 0 Å². The van der Waals surface area contributed by atoms with Gasteiger partial charge in [0.05, 0.1) is 10.9 Å². The third-order valence-corrected chi connectivity index (χ3v) is 4.57. The van der Waals surface area contributed by atoms with E-state index in [1.807, 2.05) is 36.4 Å². The fourth-order valence-corrected chi connectivity index (χ4v) is 3.10. The summed E-state index contributed by atoms with van der Waals surface area (Å²) in [7, 11) is 1.77. The van der Waals surface area contributed by atoms with Gasteiger partial charge in [-0.2, -0.15) is 0 Å². The number of nitrogens with zero attached hydrogens (tertiary/aromatic N) is 1. The molecule has 0 radical (unpaired) electrons. The van der Waals surface area contributed by atoms with Crippen LogP contribution in [0.25, 0.3) is 0 Å². The lowest BCUT2D eigenvalue weighted by Crippen LogP contribution is -2.30. The number of rotatable bonds is 6. The molecule has 2 aromatic rings. The standard InChI is InChI=1S/C17H20ClNO2S/c1-12(2)13-4-6-14(7-5-13)21-11-17(20)19(3)10-15-8-9-16(18)22-15/h4-9,12H,10-11H2,1-3H3. The first-order valence-corrected chi connectivity index (χ1v) is 8.36. The van der Waals surface area contributed by atoms with Gasteiger partial charge >= 0.3 is 0 Å². The molecule has 1 amide bonds. The molecule has 0 saturated heterocycles. The number of hydrogen-bond donors (Lipinski definition) is 0. The highest BCUT2D eigenvalue weighted by molar-refractivity contribution is 7.16. The van der Waals surface area contributed by atoms with Crippen LogP contribution in [-0.2, 0) is 11.3 Å². The minimum atomic E-state index is -0.0579. The van der Waals surface area contributed by atoms with Gasteiger partial charge in [0.1, 0.15) is 5.75 Å². The van der Waals surface area contributed by atoms with Crippen LogP contribution in [0.3, 0.4) is 0 Å². The summed E-state index contributed by atoms with van der Waals surface area (Å²) >= 11 is 7.37. The Bertz CT molecular complexity index is 622. The largest absolute Gasteiger partial charge is 0.484 e. The number of carbonyl (C=O) groups excluding carboxylic acids is 1. The lowest BCUT2D eigenvalue weighted by molar-refractivity contribution is -0.132. The molecular weight excluding hydrogens is 318 g/mol. The van der Waals surface area contributed by atoms with Gasteiger partial charge in [0.15, 0.2) is 6.61 Å². The minimum absolute atomic E-state index is 0.0383. The maximum absolute atomic E-state index is 12.1. The summed E-state index contributed by atoms with van der Waals surface area (Å²) in [5.74, 6) is 1.14. The SMILES string of the molecule is CC(C)c1ccc(OCC(=O)N(C)Cc2ccc(Cl)s2)cc1. The summed E-state index contributed by atoms with van der Waals surface area (Å²) in [6, 6.07) is 11.6. The van der Waals surface area contributed by atoms with Crippen LogP contribution in [0.1, 0.15) is 30.2 Å². The van der Waals surface area contributed by atoms with Crippen molar-refractivity contribution in [1.82, 2.24) is 4.90 Å². The van der Waals surface area contributed by atoms with E-state index in [2.05, 4.69) is 13.8 Å². The fraction of sp³-hybridized carbons (Fsp3) is 0.353. The molecule has 0 saturated carbocycles. The van der Waals surface area contributed by atoms with E-state index in [1.54, 1.807) is 11.9 Å². The summed E-state index contributed by atoms with van der Waals surface area (Å²) < 4.78 is 6.29. The number of carbonyl (C=O) groups is 1. The van der Waals surface area contributed by atoms with E-state index in [0.29, 0.717) is 18.2 Å². The normalized spacial score (nSPS) is 10.8. The van der Waals surface area contributed by atoms with E-state index in [0.717, 1.165) is 9.21 Å². The van der Waals surface area contributed by atoms with Gasteiger partial charge in [0.2, 0.25) is 0 Å². The predicted molar refractivity (Wildman–Crippen MR) is 91.8 cm³/mol. The number of benzene rings is 1. The van der Waals surface area contributed by atoms with Gasteiger partial charge in [-0.15, -0.1) is 11.3 Å². The highest BCUT2D eigenvalue weighted by Gasteiger charge is 2.11. The molecule has 0 aliphatic carbocycles. The van der Waals surface area contributed by atoms with E-state index in [9.17, 15) is 4.79 Å². The topological polar surface area (TPSA) is 29.5 Å². The molecule has 2 rings (SSSR count). The van der Waals surface area contributed by atoms with Crippen molar-refractivity contribution in [2.24, 2.45) is 0 Å². The van der Waals surface area contributed by atoms with Crippen molar-refractivity contribution in [2.75, 3.05) is 13.7 Å². The molecule has 0 aliphatic heterocycles. The molecule has 1 aromatic carbocycles. The highest BCUT2D eigenvalue weighted by Crippen LogP contribution is 2.22. The number of likely N-dealkylation sites (N-methyl/N-ethyl adjacent to an activating group) is 1. The Hall–Kier alpha value is -1.52. The van der Waals surface area contributed by atoms with Crippen molar-refractivity contribution in [3.05, 3.63) is 51.2 Å². The Labute approximate surface area is 140 Å². The van der Waals surface area contributed by atoms with Crippen LogP contribution in [-0.4, -0.2) is 24.5 Å². The van der Waals surface area contributed by atoms with Crippen LogP contribution in [0.5, 0.6) is 5.75 Å². The van der Waals surface area contributed by atoms with E-state index >= 15 is 0 Å². The zero-order valence-electron chi connectivity index (χ0n) is 13.0. The summed E-state index contributed by atoms with van der Waals surface area (Å²) in [6.07, 6.45) is 0. The zero-order valence-corrected chi connectivity index (χ0v) is 14.6. The average molecular weight is 338 g/mol. The van der Waals surface area contributed by atoms with Gasteiger partial charge in [-0.3, -0.25) is 4.79 Å². The molecule has 0 fully saturated rings. The molecule has 3 nitrogen and oxygen atoms in total. The summed E-state index contributed by atoms with van der Waals surface area (Å²) in [5.41, 5.74) is 1.25. The zero-order chi connectivity index (χ0) is 16.1. The first kappa shape index (κ1) is 16.8. The van der Waals surface area contributed by atoms with Gasteiger partial charge in [-0.1, -0.05) is 37.6 Å². The first-order chi connectivity index (χ1) is 10.5. The molecule has 0 atom stereocenters. The van der Waals surface area contributed by atoms with E-state index in [-0.39, 0.29) is 12.5 Å². The minimum Gasteiger partial charge on any atom is -0.484 e. The molecular formula is C17H20ClNO2S. The molecule has 0 N–H and O–H groups in total. The van der Waals surface area contributed by atoms with Crippen molar-refractivity contribution < 1.29 is 9.53 Å². The number of hydrogen-bond acceptors (Lipinski definition) is 3. The summed E-state index contributed by atoms with van der Waals surface area (Å²) in [4.78, 5) is 14.8. The van der Waals surface area contributed by atoms with Crippen LogP contribution >= 0.6 is 22.9 Å². The van der Waals surface area contributed by atoms with E-state index in [1.165, 1.54) is 16.9 Å². The van der Waals surface area contributed by atoms with Gasteiger partial charge < -0.3 is 9.64 Å². The molecule has 1 aromatic heterocycles. The third-order valence-electron chi connectivity index (χ3n) is 3.36. The molecule has 0 unspecified atom stereocenters. The van der Waals surface area contributed by atoms with Gasteiger partial charge in [-0.05, 0) is 35.7 Å². The maximum Gasteiger partial charge on any atom is 0.260 e. The summed E-state index contributed by atoms with van der Waals surface area (Å²) in [6.45, 7) is 4.87. The highest BCUT2D eigenvalue weighted by atomic mass is 35.5. The smallest absolute Gasteiger partial charge is 0.260 e. The quantitative estimate of drug-likeness (QED) is 0.773. The third kappa shape index (κ3) is 4.75. The maximum atomic E-state index is 12.1. The van der Waals surface area contributed by atoms with Gasteiger partial charge in [-0.25, -0.2) is 0 Å². The molecule has 0 spiro atoms. The number of halogens is 1. The lowest BCUT2D eigenvalue weighted by atomic mass is 10.0. The molecule has 0 bridgehead atoms. The van der Waals surface area contributed by atoms with Crippen molar-refractivity contribution >= 4 is 28.8 Å². The Balaban J connectivity index is 1.83.